The van der Waals surface area contributed by atoms with Crippen LogP contribution in [0.1, 0.15) is 31.4 Å². The summed E-state index contributed by atoms with van der Waals surface area (Å²) < 4.78 is 0. The zero-order valence-corrected chi connectivity index (χ0v) is 8.88. The molecule has 1 aromatic rings. The summed E-state index contributed by atoms with van der Waals surface area (Å²) in [6, 6.07) is 8.07. The minimum Gasteiger partial charge on any atom is -0.326 e. The van der Waals surface area contributed by atoms with Crippen molar-refractivity contribution in [2.45, 2.75) is 32.2 Å². The topological polar surface area (TPSA) is 26.0 Å². The average Bonchev–Trinajstić information content (AvgIpc) is 2.14. The van der Waals surface area contributed by atoms with Crippen molar-refractivity contribution in [1.82, 2.24) is 0 Å². The molecule has 0 aliphatic heterocycles. The van der Waals surface area contributed by atoms with Gasteiger partial charge in [-0.2, -0.15) is 0 Å². The van der Waals surface area contributed by atoms with Crippen LogP contribution in [0.4, 0.5) is 0 Å². The Morgan fingerprint density at radius 3 is 2.71 bits per heavy atom. The van der Waals surface area contributed by atoms with Gasteiger partial charge in [0.15, 0.2) is 0 Å². The second-order valence-corrected chi connectivity index (χ2v) is 4.33. The number of hydrogen-bond acceptors (Lipinski definition) is 1. The molecule has 1 rings (SSSR count). The van der Waals surface area contributed by atoms with Crippen LogP contribution in [0.3, 0.4) is 0 Å². The van der Waals surface area contributed by atoms with Gasteiger partial charge in [0.1, 0.15) is 0 Å². The molecule has 1 heteroatoms. The number of nitrogens with two attached hydrogens (primary N) is 1. The summed E-state index contributed by atoms with van der Waals surface area (Å²) in [7, 11) is 0. The summed E-state index contributed by atoms with van der Waals surface area (Å²) in [6.45, 7) is 4.08. The van der Waals surface area contributed by atoms with Crippen LogP contribution in [0.5, 0.6) is 0 Å². The normalized spacial score (nSPS) is 11.0. The first kappa shape index (κ1) is 10.8. The van der Waals surface area contributed by atoms with E-state index in [0.717, 1.165) is 18.4 Å². The molecule has 0 spiro atoms. The fraction of sp³-hybridized carbons (Fsp3) is 0.385. The van der Waals surface area contributed by atoms with E-state index in [-0.39, 0.29) is 5.54 Å². The number of hydrogen-bond donors (Lipinski definition) is 1. The zero-order valence-electron chi connectivity index (χ0n) is 8.88. The summed E-state index contributed by atoms with van der Waals surface area (Å²) in [6.07, 6.45) is 7.28. The third kappa shape index (κ3) is 3.64. The molecule has 0 amide bonds. The van der Waals surface area contributed by atoms with Gasteiger partial charge in [-0.1, -0.05) is 18.1 Å². The number of aryl methyl sites for hydroxylation is 1. The molecule has 1 nitrogen and oxygen atoms in total. The molecule has 0 atom stereocenters. The predicted octanol–water partition coefficient (Wildman–Crippen LogP) is 2.34. The second-order valence-electron chi connectivity index (χ2n) is 4.33. The van der Waals surface area contributed by atoms with Crippen molar-refractivity contribution in [3.05, 3.63) is 35.4 Å². The van der Waals surface area contributed by atoms with Gasteiger partial charge in [-0.3, -0.25) is 0 Å². The van der Waals surface area contributed by atoms with Gasteiger partial charge in [0.25, 0.3) is 0 Å². The fourth-order valence-electron chi connectivity index (χ4n) is 1.28. The highest BCUT2D eigenvalue weighted by molar-refractivity contribution is 5.35. The van der Waals surface area contributed by atoms with E-state index in [4.69, 9.17) is 12.2 Å². The van der Waals surface area contributed by atoms with E-state index in [0.29, 0.717) is 0 Å². The van der Waals surface area contributed by atoms with Crippen molar-refractivity contribution in [2.75, 3.05) is 0 Å². The van der Waals surface area contributed by atoms with Crippen molar-refractivity contribution in [1.29, 1.82) is 0 Å². The molecular formula is C13H17N. The molecule has 0 bridgehead atoms. The number of benzene rings is 1. The molecule has 0 unspecified atom stereocenters. The molecule has 0 heterocycles. The number of rotatable bonds is 3. The Morgan fingerprint density at radius 1 is 1.43 bits per heavy atom. The van der Waals surface area contributed by atoms with E-state index in [9.17, 15) is 0 Å². The van der Waals surface area contributed by atoms with Crippen molar-refractivity contribution in [3.63, 3.8) is 0 Å². The molecular weight excluding hydrogens is 170 g/mol. The van der Waals surface area contributed by atoms with Crippen LogP contribution in [0.2, 0.25) is 0 Å². The molecule has 14 heavy (non-hydrogen) atoms. The Morgan fingerprint density at radius 2 is 2.14 bits per heavy atom. The van der Waals surface area contributed by atoms with Gasteiger partial charge >= 0.3 is 0 Å². The summed E-state index contributed by atoms with van der Waals surface area (Å²) in [5.74, 6) is 2.63. The molecule has 0 aliphatic carbocycles. The van der Waals surface area contributed by atoms with Crippen molar-refractivity contribution >= 4 is 0 Å². The maximum Gasteiger partial charge on any atom is 0.0245 e. The van der Waals surface area contributed by atoms with E-state index in [1.54, 1.807) is 0 Å². The molecule has 0 aromatic heterocycles. The lowest BCUT2D eigenvalue weighted by molar-refractivity contribution is 0.477. The Hall–Kier alpha value is -1.26. The highest BCUT2D eigenvalue weighted by Crippen LogP contribution is 2.12. The van der Waals surface area contributed by atoms with E-state index in [1.807, 2.05) is 32.0 Å². The van der Waals surface area contributed by atoms with Gasteiger partial charge in [-0.25, -0.2) is 0 Å². The first-order valence-corrected chi connectivity index (χ1v) is 4.86. The monoisotopic (exact) mass is 187 g/mol. The third-order valence-electron chi connectivity index (χ3n) is 2.15. The van der Waals surface area contributed by atoms with Gasteiger partial charge in [0, 0.05) is 11.1 Å². The Labute approximate surface area is 86.3 Å². The quantitative estimate of drug-likeness (QED) is 0.722. The predicted molar refractivity (Wildman–Crippen MR) is 61.0 cm³/mol. The van der Waals surface area contributed by atoms with Crippen LogP contribution in [0, 0.1) is 12.3 Å². The smallest absolute Gasteiger partial charge is 0.0245 e. The second kappa shape index (κ2) is 4.30. The minimum atomic E-state index is -0.105. The van der Waals surface area contributed by atoms with Crippen molar-refractivity contribution in [3.8, 4) is 12.3 Å². The van der Waals surface area contributed by atoms with Crippen LogP contribution in [-0.4, -0.2) is 5.54 Å². The van der Waals surface area contributed by atoms with Crippen LogP contribution in [0.15, 0.2) is 24.3 Å². The zero-order chi connectivity index (χ0) is 10.6. The summed E-state index contributed by atoms with van der Waals surface area (Å²) in [5.41, 5.74) is 8.01. The standard InChI is InChI=1S/C13H17N/c1-4-11-6-5-7-12(10-11)8-9-13(2,3)14/h1,5-7,10H,8-9,14H2,2-3H3. The van der Waals surface area contributed by atoms with Crippen LogP contribution >= 0.6 is 0 Å². The van der Waals surface area contributed by atoms with E-state index >= 15 is 0 Å². The maximum absolute atomic E-state index is 5.91. The molecule has 0 aliphatic rings. The number of terminal acetylenes is 1. The summed E-state index contributed by atoms with van der Waals surface area (Å²) in [4.78, 5) is 0. The fourth-order valence-corrected chi connectivity index (χ4v) is 1.28. The SMILES string of the molecule is C#Cc1cccc(CCC(C)(C)N)c1. The lowest BCUT2D eigenvalue weighted by Gasteiger charge is -2.17. The maximum atomic E-state index is 5.91. The summed E-state index contributed by atoms with van der Waals surface area (Å²) >= 11 is 0. The highest BCUT2D eigenvalue weighted by atomic mass is 14.7. The Bertz CT molecular complexity index is 339. The first-order chi connectivity index (χ1) is 6.51. The van der Waals surface area contributed by atoms with Crippen LogP contribution in [-0.2, 0) is 6.42 Å². The minimum absolute atomic E-state index is 0.105. The molecule has 74 valence electrons. The average molecular weight is 187 g/mol. The van der Waals surface area contributed by atoms with E-state index in [1.165, 1.54) is 5.56 Å². The molecule has 1 aromatic carbocycles. The van der Waals surface area contributed by atoms with Gasteiger partial charge in [-0.15, -0.1) is 6.42 Å². The third-order valence-corrected chi connectivity index (χ3v) is 2.15. The summed E-state index contributed by atoms with van der Waals surface area (Å²) in [5, 5.41) is 0. The first-order valence-electron chi connectivity index (χ1n) is 4.86. The molecule has 2 N–H and O–H groups in total. The molecule has 0 saturated carbocycles. The lowest BCUT2D eigenvalue weighted by Crippen LogP contribution is -2.32. The van der Waals surface area contributed by atoms with Crippen molar-refractivity contribution < 1.29 is 0 Å². The van der Waals surface area contributed by atoms with Gasteiger partial charge in [0.2, 0.25) is 0 Å². The van der Waals surface area contributed by atoms with E-state index < -0.39 is 0 Å². The highest BCUT2D eigenvalue weighted by Gasteiger charge is 2.09. The van der Waals surface area contributed by atoms with Gasteiger partial charge in [-0.05, 0) is 44.4 Å². The molecule has 0 saturated heterocycles. The van der Waals surface area contributed by atoms with Gasteiger partial charge < -0.3 is 5.73 Å². The van der Waals surface area contributed by atoms with E-state index in [2.05, 4.69) is 12.0 Å². The molecule has 0 fully saturated rings. The van der Waals surface area contributed by atoms with Crippen LogP contribution < -0.4 is 5.73 Å². The largest absolute Gasteiger partial charge is 0.326 e. The Kier molecular flexibility index (Phi) is 3.33. The van der Waals surface area contributed by atoms with Gasteiger partial charge in [0.05, 0.1) is 0 Å². The lowest BCUT2D eigenvalue weighted by atomic mass is 9.96. The van der Waals surface area contributed by atoms with Crippen LogP contribution in [0.25, 0.3) is 0 Å². The van der Waals surface area contributed by atoms with Crippen molar-refractivity contribution in [2.24, 2.45) is 5.73 Å². The molecule has 0 radical (unpaired) electrons. The Balaban J connectivity index is 2.65.